The second-order valence-electron chi connectivity index (χ2n) is 8.21. The van der Waals surface area contributed by atoms with Crippen LogP contribution in [0.5, 0.6) is 0 Å². The molecule has 3 N–H and O–H groups in total. The monoisotopic (exact) mass is 435 g/mol. The highest BCUT2D eigenvalue weighted by Crippen LogP contribution is 2.45. The molecule has 0 aliphatic heterocycles. The number of aromatic nitrogens is 3. The molecular formula is C18H28F3N5O4. The van der Waals surface area contributed by atoms with E-state index in [-0.39, 0.29) is 17.9 Å². The minimum Gasteiger partial charge on any atom is -0.479 e. The van der Waals surface area contributed by atoms with Crippen molar-refractivity contribution in [2.24, 2.45) is 5.41 Å². The van der Waals surface area contributed by atoms with Gasteiger partial charge in [0.1, 0.15) is 5.69 Å². The number of unbranched alkanes of at least 4 members (excludes halogenated alkanes) is 2. The Balaban J connectivity index is 1.70. The maximum absolute atomic E-state index is 12.9. The molecule has 0 radical (unpaired) electrons. The lowest BCUT2D eigenvalue weighted by atomic mass is 10.0. The quantitative estimate of drug-likeness (QED) is 0.421. The van der Waals surface area contributed by atoms with Gasteiger partial charge in [-0.25, -0.2) is 4.79 Å². The van der Waals surface area contributed by atoms with Gasteiger partial charge < -0.3 is 20.4 Å². The summed E-state index contributed by atoms with van der Waals surface area (Å²) in [5, 5.41) is 27.9. The zero-order valence-corrected chi connectivity index (χ0v) is 17.1. The van der Waals surface area contributed by atoms with Crippen LogP contribution in [0.2, 0.25) is 0 Å². The Labute approximate surface area is 172 Å². The molecule has 2 rings (SSSR count). The zero-order valence-electron chi connectivity index (χ0n) is 17.1. The van der Waals surface area contributed by atoms with E-state index in [1.807, 2.05) is 14.1 Å². The average Bonchev–Trinajstić information content (AvgIpc) is 3.22. The van der Waals surface area contributed by atoms with Crippen molar-refractivity contribution in [3.63, 3.8) is 0 Å². The highest BCUT2D eigenvalue weighted by molar-refractivity contribution is 5.79. The number of carbonyl (C=O) groups is 2. The molecule has 1 aliphatic rings. The van der Waals surface area contributed by atoms with Crippen LogP contribution in [-0.4, -0.2) is 75.3 Å². The summed E-state index contributed by atoms with van der Waals surface area (Å²) in [5.41, 5.74) is -5.00. The number of alkyl halides is 3. The molecule has 1 unspecified atom stereocenters. The Bertz CT molecular complexity index is 748. The van der Waals surface area contributed by atoms with Crippen molar-refractivity contribution >= 4 is 11.9 Å². The fraction of sp³-hybridized carbons (Fsp3) is 0.778. The smallest absolute Gasteiger partial charge is 0.434 e. The SMILES string of the molecule is CN(C)CC1(CNC(=O)CCCCCn2cc(C(O)(C(=O)O)C(F)(F)F)nn2)CC1. The minimum absolute atomic E-state index is 0.0280. The van der Waals surface area contributed by atoms with Crippen LogP contribution >= 0.6 is 0 Å². The van der Waals surface area contributed by atoms with Crippen LogP contribution in [-0.2, 0) is 21.7 Å². The van der Waals surface area contributed by atoms with Gasteiger partial charge in [0.05, 0.1) is 6.20 Å². The van der Waals surface area contributed by atoms with E-state index in [0.29, 0.717) is 32.2 Å². The Hall–Kier alpha value is -2.21. The molecule has 1 atom stereocenters. The van der Waals surface area contributed by atoms with E-state index in [9.17, 15) is 27.9 Å². The summed E-state index contributed by atoms with van der Waals surface area (Å²) in [5.74, 6) is -2.49. The van der Waals surface area contributed by atoms with E-state index in [0.717, 1.165) is 30.3 Å². The lowest BCUT2D eigenvalue weighted by Gasteiger charge is -2.23. The van der Waals surface area contributed by atoms with E-state index in [1.54, 1.807) is 0 Å². The van der Waals surface area contributed by atoms with Gasteiger partial charge in [0.2, 0.25) is 5.91 Å². The molecule has 1 aromatic rings. The number of hydrogen-bond donors (Lipinski definition) is 3. The Morgan fingerprint density at radius 3 is 2.47 bits per heavy atom. The highest BCUT2D eigenvalue weighted by Gasteiger charge is 2.63. The van der Waals surface area contributed by atoms with E-state index in [2.05, 4.69) is 20.5 Å². The molecule has 1 heterocycles. The number of carboxylic acids is 1. The molecule has 9 nitrogen and oxygen atoms in total. The summed E-state index contributed by atoms with van der Waals surface area (Å²) in [4.78, 5) is 25.0. The standard InChI is InChI=1S/C18H28F3N5O4/c1-25(2)12-16(7-8-16)11-22-14(27)6-4-3-5-9-26-10-13(23-24-26)17(30,15(28)29)18(19,20)21/h10,30H,3-9,11-12H2,1-2H3,(H,22,27)(H,28,29). The van der Waals surface area contributed by atoms with E-state index < -0.39 is 23.4 Å². The van der Waals surface area contributed by atoms with Crippen LogP contribution < -0.4 is 5.32 Å². The number of nitrogens with zero attached hydrogens (tertiary/aromatic N) is 4. The van der Waals surface area contributed by atoms with Gasteiger partial charge in [-0.1, -0.05) is 11.6 Å². The molecule has 1 aromatic heterocycles. The van der Waals surface area contributed by atoms with Crippen LogP contribution in [0.15, 0.2) is 6.20 Å². The number of nitrogens with one attached hydrogen (secondary N) is 1. The molecule has 0 saturated heterocycles. The molecule has 1 aliphatic carbocycles. The van der Waals surface area contributed by atoms with Crippen LogP contribution in [0.3, 0.4) is 0 Å². The topological polar surface area (TPSA) is 121 Å². The van der Waals surface area contributed by atoms with Crippen molar-refractivity contribution in [1.82, 2.24) is 25.2 Å². The first kappa shape index (κ1) is 24.1. The number of amides is 1. The number of carboxylic acid groups (broad SMARTS) is 1. The summed E-state index contributed by atoms with van der Waals surface area (Å²) < 4.78 is 39.8. The molecule has 0 aromatic carbocycles. The van der Waals surface area contributed by atoms with Crippen LogP contribution in [0, 0.1) is 5.41 Å². The van der Waals surface area contributed by atoms with Crippen molar-refractivity contribution in [1.29, 1.82) is 0 Å². The number of halogens is 3. The van der Waals surface area contributed by atoms with Crippen LogP contribution in [0.4, 0.5) is 13.2 Å². The molecular weight excluding hydrogens is 407 g/mol. The van der Waals surface area contributed by atoms with Crippen molar-refractivity contribution < 1.29 is 33.0 Å². The molecule has 0 spiro atoms. The Morgan fingerprint density at radius 1 is 1.27 bits per heavy atom. The van der Waals surface area contributed by atoms with Crippen molar-refractivity contribution in [3.8, 4) is 0 Å². The fourth-order valence-electron chi connectivity index (χ4n) is 3.30. The van der Waals surface area contributed by atoms with Gasteiger partial charge >= 0.3 is 17.7 Å². The molecule has 1 fully saturated rings. The number of aryl methyl sites for hydroxylation is 1. The summed E-state index contributed by atoms with van der Waals surface area (Å²) in [6.07, 6.45) is -0.338. The normalized spacial score (nSPS) is 17.6. The number of aliphatic carboxylic acids is 1. The Kier molecular flexibility index (Phi) is 7.45. The maximum Gasteiger partial charge on any atom is 0.434 e. The van der Waals surface area contributed by atoms with Crippen molar-refractivity contribution in [2.75, 3.05) is 27.2 Å². The van der Waals surface area contributed by atoms with E-state index >= 15 is 0 Å². The zero-order chi connectivity index (χ0) is 22.6. The van der Waals surface area contributed by atoms with Crippen molar-refractivity contribution in [3.05, 3.63) is 11.9 Å². The van der Waals surface area contributed by atoms with Gasteiger partial charge in [-0.15, -0.1) is 5.10 Å². The van der Waals surface area contributed by atoms with Gasteiger partial charge in [-0.05, 0) is 39.8 Å². The molecule has 1 amide bonds. The average molecular weight is 435 g/mol. The van der Waals surface area contributed by atoms with Gasteiger partial charge in [0, 0.05) is 31.5 Å². The van der Waals surface area contributed by atoms with Gasteiger partial charge in [-0.2, -0.15) is 13.2 Å². The third-order valence-electron chi connectivity index (χ3n) is 5.19. The summed E-state index contributed by atoms with van der Waals surface area (Å²) >= 11 is 0. The number of hydrogen-bond acceptors (Lipinski definition) is 6. The fourth-order valence-corrected chi connectivity index (χ4v) is 3.30. The van der Waals surface area contributed by atoms with E-state index in [4.69, 9.17) is 5.11 Å². The lowest BCUT2D eigenvalue weighted by Crippen LogP contribution is -2.49. The lowest BCUT2D eigenvalue weighted by molar-refractivity contribution is -0.266. The predicted octanol–water partition coefficient (Wildman–Crippen LogP) is 1.13. The number of aliphatic hydroxyl groups is 1. The van der Waals surface area contributed by atoms with Crippen molar-refractivity contribution in [2.45, 2.75) is 56.8 Å². The second-order valence-corrected chi connectivity index (χ2v) is 8.21. The minimum atomic E-state index is -5.43. The number of carbonyl (C=O) groups excluding carboxylic acids is 1. The number of rotatable bonds is 12. The summed E-state index contributed by atoms with van der Waals surface area (Å²) in [7, 11) is 4.01. The summed E-state index contributed by atoms with van der Waals surface area (Å²) in [6.45, 7) is 1.80. The van der Waals surface area contributed by atoms with Gasteiger partial charge in [0.25, 0.3) is 0 Å². The van der Waals surface area contributed by atoms with Gasteiger partial charge in [0.15, 0.2) is 0 Å². The first-order chi connectivity index (χ1) is 13.9. The van der Waals surface area contributed by atoms with Crippen LogP contribution in [0.25, 0.3) is 0 Å². The molecule has 30 heavy (non-hydrogen) atoms. The molecule has 1 saturated carbocycles. The Morgan fingerprint density at radius 2 is 1.93 bits per heavy atom. The van der Waals surface area contributed by atoms with Crippen LogP contribution in [0.1, 0.15) is 44.2 Å². The molecule has 0 bridgehead atoms. The largest absolute Gasteiger partial charge is 0.479 e. The van der Waals surface area contributed by atoms with E-state index in [1.165, 1.54) is 0 Å². The first-order valence-electron chi connectivity index (χ1n) is 9.74. The third-order valence-corrected chi connectivity index (χ3v) is 5.19. The second kappa shape index (κ2) is 9.29. The summed E-state index contributed by atoms with van der Waals surface area (Å²) in [6, 6.07) is 0. The molecule has 12 heteroatoms. The third kappa shape index (κ3) is 5.91. The first-order valence-corrected chi connectivity index (χ1v) is 9.74. The highest BCUT2D eigenvalue weighted by atomic mass is 19.4. The molecule has 170 valence electrons. The predicted molar refractivity (Wildman–Crippen MR) is 99.3 cm³/mol. The maximum atomic E-state index is 12.9. The van der Waals surface area contributed by atoms with Gasteiger partial charge in [-0.3, -0.25) is 9.48 Å².